The SMILES string of the molecule is NCc1coc(Cn2cncn2)c1. The van der Waals surface area contributed by atoms with E-state index in [-0.39, 0.29) is 0 Å². The average Bonchev–Trinajstić information content (AvgIpc) is 2.76. The summed E-state index contributed by atoms with van der Waals surface area (Å²) in [6, 6.07) is 1.92. The highest BCUT2D eigenvalue weighted by molar-refractivity contribution is 5.12. The van der Waals surface area contributed by atoms with Crippen molar-refractivity contribution in [2.75, 3.05) is 0 Å². The molecule has 68 valence electrons. The second-order valence-corrected chi connectivity index (χ2v) is 2.72. The second kappa shape index (κ2) is 3.40. The van der Waals surface area contributed by atoms with Crippen molar-refractivity contribution < 1.29 is 4.42 Å². The van der Waals surface area contributed by atoms with Gasteiger partial charge in [-0.05, 0) is 6.07 Å². The first kappa shape index (κ1) is 8.00. The van der Waals surface area contributed by atoms with Crippen LogP contribution in [0.2, 0.25) is 0 Å². The standard InChI is InChI=1S/C8H10N4O/c9-2-7-1-8(13-4-7)3-12-6-10-5-11-12/h1,4-6H,2-3,9H2. The van der Waals surface area contributed by atoms with Crippen LogP contribution in [0.15, 0.2) is 29.4 Å². The summed E-state index contributed by atoms with van der Waals surface area (Å²) >= 11 is 0. The molecule has 0 saturated carbocycles. The fourth-order valence-corrected chi connectivity index (χ4v) is 1.09. The van der Waals surface area contributed by atoms with Gasteiger partial charge in [-0.3, -0.25) is 0 Å². The van der Waals surface area contributed by atoms with Crippen LogP contribution in [0.4, 0.5) is 0 Å². The van der Waals surface area contributed by atoms with E-state index in [1.54, 1.807) is 17.3 Å². The number of nitrogens with zero attached hydrogens (tertiary/aromatic N) is 3. The average molecular weight is 178 g/mol. The summed E-state index contributed by atoms with van der Waals surface area (Å²) in [4.78, 5) is 3.83. The van der Waals surface area contributed by atoms with Crippen LogP contribution >= 0.6 is 0 Å². The van der Waals surface area contributed by atoms with Crippen LogP contribution < -0.4 is 5.73 Å². The smallest absolute Gasteiger partial charge is 0.137 e. The lowest BCUT2D eigenvalue weighted by molar-refractivity contribution is 0.478. The molecule has 0 atom stereocenters. The normalized spacial score (nSPS) is 10.5. The van der Waals surface area contributed by atoms with Gasteiger partial charge >= 0.3 is 0 Å². The van der Waals surface area contributed by atoms with E-state index in [2.05, 4.69) is 10.1 Å². The summed E-state index contributed by atoms with van der Waals surface area (Å²) in [5, 5.41) is 3.96. The molecule has 2 rings (SSSR count). The van der Waals surface area contributed by atoms with Crippen LogP contribution in [0.3, 0.4) is 0 Å². The van der Waals surface area contributed by atoms with Crippen LogP contribution in [-0.4, -0.2) is 14.8 Å². The van der Waals surface area contributed by atoms with Gasteiger partial charge in [0.2, 0.25) is 0 Å². The molecule has 5 heteroatoms. The van der Waals surface area contributed by atoms with Gasteiger partial charge in [-0.1, -0.05) is 0 Å². The van der Waals surface area contributed by atoms with Gasteiger partial charge < -0.3 is 10.2 Å². The minimum absolute atomic E-state index is 0.501. The molecule has 0 aromatic carbocycles. The monoisotopic (exact) mass is 178 g/mol. The summed E-state index contributed by atoms with van der Waals surface area (Å²) in [5.74, 6) is 0.839. The molecule has 2 heterocycles. The summed E-state index contributed by atoms with van der Waals surface area (Å²) in [7, 11) is 0. The number of hydrogen-bond donors (Lipinski definition) is 1. The van der Waals surface area contributed by atoms with E-state index in [1.807, 2.05) is 6.07 Å². The van der Waals surface area contributed by atoms with Gasteiger partial charge in [0.15, 0.2) is 0 Å². The van der Waals surface area contributed by atoms with Gasteiger partial charge in [-0.15, -0.1) is 0 Å². The van der Waals surface area contributed by atoms with E-state index in [9.17, 15) is 0 Å². The Balaban J connectivity index is 2.10. The fraction of sp³-hybridized carbons (Fsp3) is 0.250. The van der Waals surface area contributed by atoms with Crippen molar-refractivity contribution >= 4 is 0 Å². The van der Waals surface area contributed by atoms with Crippen molar-refractivity contribution in [3.63, 3.8) is 0 Å². The highest BCUT2D eigenvalue weighted by Gasteiger charge is 2.01. The maximum Gasteiger partial charge on any atom is 0.137 e. The van der Waals surface area contributed by atoms with Gasteiger partial charge in [-0.2, -0.15) is 5.10 Å². The zero-order chi connectivity index (χ0) is 9.10. The van der Waals surface area contributed by atoms with Crippen molar-refractivity contribution in [2.24, 2.45) is 5.73 Å². The molecule has 13 heavy (non-hydrogen) atoms. The number of aromatic nitrogens is 3. The zero-order valence-corrected chi connectivity index (χ0v) is 7.05. The van der Waals surface area contributed by atoms with E-state index in [1.165, 1.54) is 6.33 Å². The van der Waals surface area contributed by atoms with Gasteiger partial charge in [0.1, 0.15) is 25.0 Å². The first-order valence-corrected chi connectivity index (χ1v) is 3.97. The van der Waals surface area contributed by atoms with Gasteiger partial charge in [-0.25, -0.2) is 9.67 Å². The van der Waals surface area contributed by atoms with Gasteiger partial charge in [0.25, 0.3) is 0 Å². The van der Waals surface area contributed by atoms with Gasteiger partial charge in [0.05, 0.1) is 6.26 Å². The van der Waals surface area contributed by atoms with E-state index < -0.39 is 0 Å². The molecule has 0 spiro atoms. The van der Waals surface area contributed by atoms with Crippen LogP contribution in [0.1, 0.15) is 11.3 Å². The topological polar surface area (TPSA) is 69.9 Å². The molecular weight excluding hydrogens is 168 g/mol. The number of nitrogens with two attached hydrogens (primary N) is 1. The maximum atomic E-state index is 5.44. The molecular formula is C8H10N4O. The largest absolute Gasteiger partial charge is 0.467 e. The Labute approximate surface area is 75.2 Å². The van der Waals surface area contributed by atoms with Crippen LogP contribution in [0.25, 0.3) is 0 Å². The third-order valence-corrected chi connectivity index (χ3v) is 1.73. The Morgan fingerprint density at radius 3 is 3.08 bits per heavy atom. The van der Waals surface area contributed by atoms with Crippen molar-refractivity contribution in [1.82, 2.24) is 14.8 Å². The van der Waals surface area contributed by atoms with Crippen LogP contribution in [0, 0.1) is 0 Å². The van der Waals surface area contributed by atoms with Crippen molar-refractivity contribution in [2.45, 2.75) is 13.1 Å². The Morgan fingerprint density at radius 1 is 1.54 bits per heavy atom. The van der Waals surface area contributed by atoms with Gasteiger partial charge in [0, 0.05) is 12.1 Å². The number of rotatable bonds is 3. The summed E-state index contributed by atoms with van der Waals surface area (Å²) < 4.78 is 6.95. The molecule has 2 aromatic heterocycles. The summed E-state index contributed by atoms with van der Waals surface area (Å²) in [6.07, 6.45) is 4.80. The predicted octanol–water partition coefficient (Wildman–Crippen LogP) is 0.378. The highest BCUT2D eigenvalue weighted by atomic mass is 16.3. The van der Waals surface area contributed by atoms with E-state index in [0.717, 1.165) is 11.3 Å². The summed E-state index contributed by atoms with van der Waals surface area (Å²) in [6.45, 7) is 1.10. The molecule has 5 nitrogen and oxygen atoms in total. The number of furan rings is 1. The molecule has 0 aliphatic rings. The third kappa shape index (κ3) is 1.75. The maximum absolute atomic E-state index is 5.44. The van der Waals surface area contributed by atoms with E-state index in [0.29, 0.717) is 13.1 Å². The Morgan fingerprint density at radius 2 is 2.46 bits per heavy atom. The lowest BCUT2D eigenvalue weighted by atomic mass is 10.3. The first-order valence-electron chi connectivity index (χ1n) is 3.97. The molecule has 0 unspecified atom stereocenters. The lowest BCUT2D eigenvalue weighted by Crippen LogP contribution is -1.98. The molecule has 0 radical (unpaired) electrons. The van der Waals surface area contributed by atoms with Crippen molar-refractivity contribution in [1.29, 1.82) is 0 Å². The lowest BCUT2D eigenvalue weighted by Gasteiger charge is -1.94. The molecule has 2 aromatic rings. The Kier molecular flexibility index (Phi) is 2.09. The molecule has 0 aliphatic heterocycles. The zero-order valence-electron chi connectivity index (χ0n) is 7.05. The van der Waals surface area contributed by atoms with Crippen LogP contribution in [-0.2, 0) is 13.1 Å². The first-order chi connectivity index (χ1) is 6.38. The molecule has 0 amide bonds. The van der Waals surface area contributed by atoms with E-state index in [4.69, 9.17) is 10.2 Å². The molecule has 0 fully saturated rings. The molecule has 0 aliphatic carbocycles. The molecule has 0 bridgehead atoms. The van der Waals surface area contributed by atoms with Crippen molar-refractivity contribution in [3.05, 3.63) is 36.3 Å². The van der Waals surface area contributed by atoms with Crippen molar-refractivity contribution in [3.8, 4) is 0 Å². The molecule has 2 N–H and O–H groups in total. The number of hydrogen-bond acceptors (Lipinski definition) is 4. The minimum Gasteiger partial charge on any atom is -0.467 e. The minimum atomic E-state index is 0.501. The third-order valence-electron chi connectivity index (χ3n) is 1.73. The fourth-order valence-electron chi connectivity index (χ4n) is 1.09. The quantitative estimate of drug-likeness (QED) is 0.737. The highest BCUT2D eigenvalue weighted by Crippen LogP contribution is 2.07. The molecule has 0 saturated heterocycles. The second-order valence-electron chi connectivity index (χ2n) is 2.72. The summed E-state index contributed by atoms with van der Waals surface area (Å²) in [5.41, 5.74) is 6.44. The van der Waals surface area contributed by atoms with E-state index >= 15 is 0 Å². The Bertz CT molecular complexity index is 365. The Hall–Kier alpha value is -1.62. The van der Waals surface area contributed by atoms with Crippen LogP contribution in [0.5, 0.6) is 0 Å². The predicted molar refractivity (Wildman–Crippen MR) is 45.7 cm³/mol.